The normalized spacial score (nSPS) is 17.9. The molecule has 0 aromatic carbocycles. The maximum Gasteiger partial charge on any atom is 0.415 e. The number of amides is 2. The molecule has 2 fully saturated rings. The number of likely N-dealkylation sites (tertiary alicyclic amines) is 1. The van der Waals surface area contributed by atoms with Crippen LogP contribution in [0.15, 0.2) is 36.7 Å². The first-order valence-corrected chi connectivity index (χ1v) is 12.3. The summed E-state index contributed by atoms with van der Waals surface area (Å²) in [5.74, 6) is -2.57. The second-order valence-electron chi connectivity index (χ2n) is 10.2. The molecule has 2 amide bonds. The van der Waals surface area contributed by atoms with E-state index in [1.807, 2.05) is 16.7 Å². The third-order valence-corrected chi connectivity index (χ3v) is 6.77. The SMILES string of the molecule is CC(C)(O)CCc1cc2cc(C(=O)N3CCC(F)(F)CC3)cnc2n1-c1ccc(N2CCOC2=O)nc1. The maximum atomic E-state index is 13.5. The number of piperidine rings is 1. The Morgan fingerprint density at radius 3 is 2.51 bits per heavy atom. The number of fused-ring (bicyclic) bond motifs is 1. The standard InChI is InChI=1S/C26H29F2N5O4/c1-25(2,36)6-5-19-14-17-13-18(23(34)31-9-7-26(27,28)8-10-31)15-30-22(17)33(19)20-3-4-21(29-16-20)32-11-12-37-24(32)35/h3-4,13-16,36H,5-12H2,1-2H3. The van der Waals surface area contributed by atoms with Gasteiger partial charge in [0.25, 0.3) is 11.8 Å². The summed E-state index contributed by atoms with van der Waals surface area (Å²) in [7, 11) is 0. The zero-order valence-electron chi connectivity index (χ0n) is 20.8. The quantitative estimate of drug-likeness (QED) is 0.536. The van der Waals surface area contributed by atoms with Gasteiger partial charge in [-0.2, -0.15) is 0 Å². The first kappa shape index (κ1) is 25.1. The van der Waals surface area contributed by atoms with Crippen molar-refractivity contribution in [1.29, 1.82) is 0 Å². The lowest BCUT2D eigenvalue weighted by Gasteiger charge is -2.31. The van der Waals surface area contributed by atoms with Crippen molar-refractivity contribution in [1.82, 2.24) is 19.4 Å². The zero-order valence-corrected chi connectivity index (χ0v) is 20.8. The number of carbonyl (C=O) groups is 2. The molecule has 2 aliphatic heterocycles. The van der Waals surface area contributed by atoms with Crippen molar-refractivity contribution in [2.75, 3.05) is 31.1 Å². The summed E-state index contributed by atoms with van der Waals surface area (Å²) in [4.78, 5) is 36.8. The Morgan fingerprint density at radius 1 is 1.14 bits per heavy atom. The fourth-order valence-electron chi connectivity index (χ4n) is 4.66. The highest BCUT2D eigenvalue weighted by Crippen LogP contribution is 2.30. The number of anilines is 1. The van der Waals surface area contributed by atoms with Gasteiger partial charge >= 0.3 is 6.09 Å². The Bertz CT molecular complexity index is 1320. The number of hydrogen-bond donors (Lipinski definition) is 1. The number of aryl methyl sites for hydroxylation is 1. The van der Waals surface area contributed by atoms with Gasteiger partial charge < -0.3 is 14.7 Å². The third-order valence-electron chi connectivity index (χ3n) is 6.77. The van der Waals surface area contributed by atoms with Crippen molar-refractivity contribution in [2.45, 2.75) is 51.1 Å². The van der Waals surface area contributed by atoms with Gasteiger partial charge in [0.1, 0.15) is 18.1 Å². The molecule has 2 saturated heterocycles. The molecule has 0 radical (unpaired) electrons. The molecule has 5 rings (SSSR count). The third kappa shape index (κ3) is 5.27. The number of nitrogens with zero attached hydrogens (tertiary/aromatic N) is 5. The summed E-state index contributed by atoms with van der Waals surface area (Å²) in [6, 6.07) is 7.21. The van der Waals surface area contributed by atoms with E-state index < -0.39 is 17.6 Å². The highest BCUT2D eigenvalue weighted by molar-refractivity contribution is 5.97. The van der Waals surface area contributed by atoms with Crippen LogP contribution in [0.1, 0.15) is 49.2 Å². The van der Waals surface area contributed by atoms with Crippen LogP contribution in [0.25, 0.3) is 16.7 Å². The molecule has 0 unspecified atom stereocenters. The number of aromatic nitrogens is 3. The van der Waals surface area contributed by atoms with E-state index in [2.05, 4.69) is 9.97 Å². The van der Waals surface area contributed by atoms with E-state index in [-0.39, 0.29) is 31.8 Å². The molecule has 1 N–H and O–H groups in total. The lowest BCUT2D eigenvalue weighted by atomic mass is 10.0. The minimum Gasteiger partial charge on any atom is -0.447 e. The Morgan fingerprint density at radius 2 is 1.89 bits per heavy atom. The van der Waals surface area contributed by atoms with Crippen LogP contribution in [0.3, 0.4) is 0 Å². The van der Waals surface area contributed by atoms with Crippen molar-refractivity contribution in [3.8, 4) is 5.69 Å². The predicted octanol–water partition coefficient (Wildman–Crippen LogP) is 3.95. The number of halogens is 2. The highest BCUT2D eigenvalue weighted by atomic mass is 19.3. The second kappa shape index (κ2) is 9.37. The summed E-state index contributed by atoms with van der Waals surface area (Å²) in [5, 5.41) is 11.0. The molecule has 0 atom stereocenters. The molecule has 3 aromatic rings. The van der Waals surface area contributed by atoms with Crippen LogP contribution in [-0.4, -0.2) is 74.3 Å². The number of hydrogen-bond acceptors (Lipinski definition) is 6. The van der Waals surface area contributed by atoms with E-state index in [0.29, 0.717) is 54.1 Å². The molecule has 9 nitrogen and oxygen atoms in total. The van der Waals surface area contributed by atoms with Gasteiger partial charge in [0.05, 0.1) is 29.6 Å². The molecule has 0 saturated carbocycles. The number of ether oxygens (including phenoxy) is 1. The molecule has 0 bridgehead atoms. The van der Waals surface area contributed by atoms with Gasteiger partial charge in [0.15, 0.2) is 0 Å². The largest absolute Gasteiger partial charge is 0.447 e. The van der Waals surface area contributed by atoms with Crippen LogP contribution in [0.5, 0.6) is 0 Å². The topological polar surface area (TPSA) is 101 Å². The number of cyclic esters (lactones) is 1. The van der Waals surface area contributed by atoms with Crippen molar-refractivity contribution in [3.63, 3.8) is 0 Å². The molecule has 0 spiro atoms. The highest BCUT2D eigenvalue weighted by Gasteiger charge is 2.36. The zero-order chi connectivity index (χ0) is 26.4. The minimum atomic E-state index is -2.73. The molecule has 11 heteroatoms. The van der Waals surface area contributed by atoms with Crippen LogP contribution in [-0.2, 0) is 11.2 Å². The average molecular weight is 514 g/mol. The Balaban J connectivity index is 1.48. The Hall–Kier alpha value is -3.60. The first-order valence-electron chi connectivity index (χ1n) is 12.3. The fourth-order valence-corrected chi connectivity index (χ4v) is 4.66. The molecule has 5 heterocycles. The van der Waals surface area contributed by atoms with Crippen LogP contribution in [0.4, 0.5) is 19.4 Å². The van der Waals surface area contributed by atoms with Crippen molar-refractivity contribution in [2.24, 2.45) is 0 Å². The van der Waals surface area contributed by atoms with E-state index in [0.717, 1.165) is 5.69 Å². The summed E-state index contributed by atoms with van der Waals surface area (Å²) in [5.41, 5.74) is 1.63. The Labute approximate surface area is 212 Å². The van der Waals surface area contributed by atoms with E-state index >= 15 is 0 Å². The minimum absolute atomic E-state index is 0.00426. The van der Waals surface area contributed by atoms with E-state index in [9.17, 15) is 23.5 Å². The molecule has 0 aliphatic carbocycles. The monoisotopic (exact) mass is 513 g/mol. The van der Waals surface area contributed by atoms with Crippen molar-refractivity contribution in [3.05, 3.63) is 47.9 Å². The van der Waals surface area contributed by atoms with Gasteiger partial charge in [-0.25, -0.2) is 23.5 Å². The number of aliphatic hydroxyl groups is 1. The maximum absolute atomic E-state index is 13.5. The van der Waals surface area contributed by atoms with E-state index in [1.54, 1.807) is 32.2 Å². The lowest BCUT2D eigenvalue weighted by molar-refractivity contribution is -0.0494. The molecule has 196 valence electrons. The fraction of sp³-hybridized carbons (Fsp3) is 0.462. The summed E-state index contributed by atoms with van der Waals surface area (Å²) >= 11 is 0. The van der Waals surface area contributed by atoms with Crippen LogP contribution < -0.4 is 4.90 Å². The molecule has 37 heavy (non-hydrogen) atoms. The number of carbonyl (C=O) groups excluding carboxylic acids is 2. The van der Waals surface area contributed by atoms with Gasteiger partial charge in [-0.15, -0.1) is 0 Å². The summed E-state index contributed by atoms with van der Waals surface area (Å²) < 4.78 is 34.0. The molecule has 2 aliphatic rings. The van der Waals surface area contributed by atoms with Gasteiger partial charge in [-0.05, 0) is 51.0 Å². The molecular weight excluding hydrogens is 484 g/mol. The van der Waals surface area contributed by atoms with Crippen molar-refractivity contribution >= 4 is 28.9 Å². The van der Waals surface area contributed by atoms with Crippen LogP contribution >= 0.6 is 0 Å². The van der Waals surface area contributed by atoms with E-state index in [4.69, 9.17) is 4.74 Å². The molecular formula is C26H29F2N5O4. The summed E-state index contributed by atoms with van der Waals surface area (Å²) in [6.45, 7) is 4.23. The second-order valence-corrected chi connectivity index (χ2v) is 10.2. The average Bonchev–Trinajstić information content (AvgIpc) is 3.44. The number of pyridine rings is 2. The lowest BCUT2D eigenvalue weighted by Crippen LogP contribution is -2.42. The first-order chi connectivity index (χ1) is 17.5. The molecule has 3 aromatic heterocycles. The Kier molecular flexibility index (Phi) is 6.35. The number of rotatable bonds is 6. The smallest absolute Gasteiger partial charge is 0.415 e. The van der Waals surface area contributed by atoms with Gasteiger partial charge in [0.2, 0.25) is 0 Å². The van der Waals surface area contributed by atoms with Crippen LogP contribution in [0.2, 0.25) is 0 Å². The number of alkyl halides is 2. The predicted molar refractivity (Wildman–Crippen MR) is 132 cm³/mol. The summed E-state index contributed by atoms with van der Waals surface area (Å²) in [6.07, 6.45) is 3.01. The van der Waals surface area contributed by atoms with Crippen LogP contribution in [0, 0.1) is 0 Å². The van der Waals surface area contributed by atoms with Gasteiger partial charge in [0, 0.05) is 43.2 Å². The van der Waals surface area contributed by atoms with Gasteiger partial charge in [-0.1, -0.05) is 0 Å². The van der Waals surface area contributed by atoms with E-state index in [1.165, 1.54) is 16.0 Å². The van der Waals surface area contributed by atoms with Gasteiger partial charge in [-0.3, -0.25) is 14.3 Å². The van der Waals surface area contributed by atoms with Crippen molar-refractivity contribution < 1.29 is 28.2 Å².